The zero-order valence-corrected chi connectivity index (χ0v) is 17.5. The fourth-order valence-corrected chi connectivity index (χ4v) is 3.48. The lowest BCUT2D eigenvalue weighted by atomic mass is 9.98. The second-order valence-electron chi connectivity index (χ2n) is 7.35. The van der Waals surface area contributed by atoms with Crippen molar-refractivity contribution in [3.8, 4) is 5.75 Å². The monoisotopic (exact) mass is 376 g/mol. The van der Waals surface area contributed by atoms with Crippen molar-refractivity contribution in [1.82, 2.24) is 15.5 Å². The van der Waals surface area contributed by atoms with E-state index in [0.29, 0.717) is 18.0 Å². The van der Waals surface area contributed by atoms with Crippen LogP contribution in [0.25, 0.3) is 0 Å². The molecule has 0 spiro atoms. The van der Waals surface area contributed by atoms with E-state index in [4.69, 9.17) is 9.47 Å². The van der Waals surface area contributed by atoms with E-state index < -0.39 is 0 Å². The minimum absolute atomic E-state index is 0.445. The van der Waals surface area contributed by atoms with E-state index >= 15 is 0 Å². The fraction of sp³-hybridized carbons (Fsp3) is 0.667. The van der Waals surface area contributed by atoms with Crippen molar-refractivity contribution in [3.63, 3.8) is 0 Å². The Morgan fingerprint density at radius 2 is 2.04 bits per heavy atom. The van der Waals surface area contributed by atoms with Crippen molar-refractivity contribution in [2.45, 2.75) is 45.2 Å². The van der Waals surface area contributed by atoms with Crippen molar-refractivity contribution in [1.29, 1.82) is 0 Å². The zero-order valence-electron chi connectivity index (χ0n) is 17.5. The minimum atomic E-state index is 0.445. The van der Waals surface area contributed by atoms with Gasteiger partial charge >= 0.3 is 0 Å². The highest BCUT2D eigenvalue weighted by Crippen LogP contribution is 2.21. The van der Waals surface area contributed by atoms with E-state index in [1.165, 1.54) is 5.56 Å². The number of hydrogen-bond acceptors (Lipinski definition) is 4. The van der Waals surface area contributed by atoms with Crippen LogP contribution in [0, 0.1) is 0 Å². The highest BCUT2D eigenvalue weighted by atomic mass is 16.5. The molecule has 3 unspecified atom stereocenters. The third-order valence-electron chi connectivity index (χ3n) is 5.33. The molecule has 6 heteroatoms. The summed E-state index contributed by atoms with van der Waals surface area (Å²) in [5.74, 6) is 2.25. The quantitative estimate of drug-likeness (QED) is 0.539. The van der Waals surface area contributed by atoms with Crippen LogP contribution in [0.5, 0.6) is 5.75 Å². The van der Waals surface area contributed by atoms with Gasteiger partial charge in [-0.1, -0.05) is 19.1 Å². The molecule has 0 amide bonds. The Morgan fingerprint density at radius 3 is 2.67 bits per heavy atom. The van der Waals surface area contributed by atoms with Crippen LogP contribution >= 0.6 is 0 Å². The summed E-state index contributed by atoms with van der Waals surface area (Å²) in [6, 6.07) is 9.24. The SMILES string of the molecule is CN=C(NCCC(C)c1ccc(OC)cc1)NCC(C)N1CCOCC1C. The third-order valence-corrected chi connectivity index (χ3v) is 5.33. The van der Waals surface area contributed by atoms with Gasteiger partial charge in [-0.25, -0.2) is 0 Å². The molecular weight excluding hydrogens is 340 g/mol. The van der Waals surface area contributed by atoms with E-state index in [9.17, 15) is 0 Å². The Balaban J connectivity index is 1.71. The summed E-state index contributed by atoms with van der Waals surface area (Å²) in [5.41, 5.74) is 1.33. The average Bonchev–Trinajstić information content (AvgIpc) is 2.70. The molecule has 1 aliphatic rings. The van der Waals surface area contributed by atoms with Gasteiger partial charge in [-0.05, 0) is 43.9 Å². The van der Waals surface area contributed by atoms with E-state index in [0.717, 1.165) is 51.0 Å². The van der Waals surface area contributed by atoms with Crippen LogP contribution < -0.4 is 15.4 Å². The van der Waals surface area contributed by atoms with Crippen LogP contribution in [0.15, 0.2) is 29.3 Å². The van der Waals surface area contributed by atoms with Crippen LogP contribution in [0.2, 0.25) is 0 Å². The molecule has 0 aliphatic carbocycles. The molecule has 2 N–H and O–H groups in total. The van der Waals surface area contributed by atoms with Gasteiger partial charge < -0.3 is 20.1 Å². The first-order valence-corrected chi connectivity index (χ1v) is 9.97. The second-order valence-corrected chi connectivity index (χ2v) is 7.35. The van der Waals surface area contributed by atoms with Crippen LogP contribution in [0.1, 0.15) is 38.7 Å². The van der Waals surface area contributed by atoms with Crippen molar-refractivity contribution < 1.29 is 9.47 Å². The first-order chi connectivity index (χ1) is 13.0. The highest BCUT2D eigenvalue weighted by molar-refractivity contribution is 5.79. The number of morpholine rings is 1. The van der Waals surface area contributed by atoms with Crippen LogP contribution in [-0.4, -0.2) is 69.9 Å². The van der Waals surface area contributed by atoms with E-state index in [1.54, 1.807) is 7.11 Å². The van der Waals surface area contributed by atoms with Gasteiger partial charge in [-0.3, -0.25) is 9.89 Å². The van der Waals surface area contributed by atoms with E-state index in [1.807, 2.05) is 19.2 Å². The lowest BCUT2D eigenvalue weighted by Crippen LogP contribution is -2.53. The van der Waals surface area contributed by atoms with Gasteiger partial charge in [0.25, 0.3) is 0 Å². The summed E-state index contributed by atoms with van der Waals surface area (Å²) >= 11 is 0. The number of nitrogens with zero attached hydrogens (tertiary/aromatic N) is 2. The number of guanidine groups is 1. The normalized spacial score (nSPS) is 20.8. The number of methoxy groups -OCH3 is 1. The standard InChI is InChI=1S/C21H36N4O2/c1-16(19-6-8-20(26-5)9-7-19)10-11-23-21(22-4)24-14-17(2)25-12-13-27-15-18(25)3/h6-9,16-18H,10-15H2,1-5H3,(H2,22,23,24). The Morgan fingerprint density at radius 1 is 1.30 bits per heavy atom. The van der Waals surface area contributed by atoms with Gasteiger partial charge in [0.2, 0.25) is 0 Å². The summed E-state index contributed by atoms with van der Waals surface area (Å²) in [6.45, 7) is 11.1. The van der Waals surface area contributed by atoms with Crippen molar-refractivity contribution in [3.05, 3.63) is 29.8 Å². The van der Waals surface area contributed by atoms with Crippen LogP contribution in [0.3, 0.4) is 0 Å². The summed E-state index contributed by atoms with van der Waals surface area (Å²) in [7, 11) is 3.52. The predicted molar refractivity (Wildman–Crippen MR) is 112 cm³/mol. The van der Waals surface area contributed by atoms with Crippen molar-refractivity contribution in [2.24, 2.45) is 4.99 Å². The smallest absolute Gasteiger partial charge is 0.191 e. The first kappa shape index (κ1) is 21.5. The topological polar surface area (TPSA) is 58.1 Å². The lowest BCUT2D eigenvalue weighted by Gasteiger charge is -2.38. The van der Waals surface area contributed by atoms with Crippen molar-refractivity contribution in [2.75, 3.05) is 47.0 Å². The van der Waals surface area contributed by atoms with Gasteiger partial charge in [-0.15, -0.1) is 0 Å². The van der Waals surface area contributed by atoms with Crippen molar-refractivity contribution >= 4 is 5.96 Å². The molecule has 27 heavy (non-hydrogen) atoms. The lowest BCUT2D eigenvalue weighted by molar-refractivity contribution is -0.0174. The molecule has 1 aromatic rings. The number of ether oxygens (including phenoxy) is 2. The second kappa shape index (κ2) is 11.1. The van der Waals surface area contributed by atoms with Gasteiger partial charge in [0.15, 0.2) is 5.96 Å². The molecule has 1 fully saturated rings. The molecule has 6 nitrogen and oxygen atoms in total. The number of aliphatic imine (C=N–C) groups is 1. The fourth-order valence-electron chi connectivity index (χ4n) is 3.48. The molecular formula is C21H36N4O2. The number of nitrogens with one attached hydrogen (secondary N) is 2. The molecule has 3 atom stereocenters. The van der Waals surface area contributed by atoms with Crippen LogP contribution in [0.4, 0.5) is 0 Å². The highest BCUT2D eigenvalue weighted by Gasteiger charge is 2.23. The minimum Gasteiger partial charge on any atom is -0.497 e. The molecule has 152 valence electrons. The molecule has 1 aromatic carbocycles. The number of benzene rings is 1. The van der Waals surface area contributed by atoms with Gasteiger partial charge in [0.05, 0.1) is 20.3 Å². The molecule has 2 rings (SSSR count). The Kier molecular flexibility index (Phi) is 8.88. The average molecular weight is 377 g/mol. The largest absolute Gasteiger partial charge is 0.497 e. The molecule has 1 heterocycles. The summed E-state index contributed by atoms with van der Waals surface area (Å²) in [4.78, 5) is 6.85. The summed E-state index contributed by atoms with van der Waals surface area (Å²) in [6.07, 6.45) is 1.04. The summed E-state index contributed by atoms with van der Waals surface area (Å²) < 4.78 is 10.8. The number of rotatable bonds is 8. The molecule has 0 bridgehead atoms. The molecule has 1 aliphatic heterocycles. The maximum absolute atomic E-state index is 5.53. The van der Waals surface area contributed by atoms with E-state index in [2.05, 4.69) is 53.4 Å². The van der Waals surface area contributed by atoms with Crippen LogP contribution in [-0.2, 0) is 4.74 Å². The molecule has 1 saturated heterocycles. The summed E-state index contributed by atoms with van der Waals surface area (Å²) in [5, 5.41) is 6.89. The molecule has 0 radical (unpaired) electrons. The Bertz CT molecular complexity index is 576. The molecule has 0 saturated carbocycles. The Hall–Kier alpha value is -1.79. The first-order valence-electron chi connectivity index (χ1n) is 9.97. The maximum Gasteiger partial charge on any atom is 0.191 e. The Labute approximate surface area is 164 Å². The van der Waals surface area contributed by atoms with Gasteiger partial charge in [-0.2, -0.15) is 0 Å². The number of hydrogen-bond donors (Lipinski definition) is 2. The maximum atomic E-state index is 5.53. The zero-order chi connectivity index (χ0) is 19.6. The molecule has 0 aromatic heterocycles. The third kappa shape index (κ3) is 6.70. The van der Waals surface area contributed by atoms with Gasteiger partial charge in [0, 0.05) is 38.8 Å². The van der Waals surface area contributed by atoms with Gasteiger partial charge in [0.1, 0.15) is 5.75 Å². The van der Waals surface area contributed by atoms with E-state index in [-0.39, 0.29) is 0 Å². The predicted octanol–water partition coefficient (Wildman–Crippen LogP) is 2.46.